The first-order valence-electron chi connectivity index (χ1n) is 10.3. The van der Waals surface area contributed by atoms with Gasteiger partial charge in [0.25, 0.3) is 0 Å². The molecule has 2 aromatic rings. The molecule has 0 bridgehead atoms. The number of hydrogen-bond donors (Lipinski definition) is 1. The smallest absolute Gasteiger partial charge is 0.409 e. The standard InChI is InChI=1S/C22H32N4O3/c1-5-29-22(27)26-10-8-25(9-11-26)21-19(14-23-17(3)15-28-4)13-18-12-16(2)6-7-20(18)24-21/h6-7,12-13,17,23H,5,8-11,14-15H2,1-4H3/t17-/m0/s1. The van der Waals surface area contributed by atoms with Gasteiger partial charge in [-0.15, -0.1) is 0 Å². The van der Waals surface area contributed by atoms with Gasteiger partial charge in [0.1, 0.15) is 5.82 Å². The third-order valence-electron chi connectivity index (χ3n) is 5.19. The van der Waals surface area contributed by atoms with Gasteiger partial charge < -0.3 is 24.6 Å². The summed E-state index contributed by atoms with van der Waals surface area (Å²) in [6, 6.07) is 8.83. The normalized spacial score (nSPS) is 15.6. The quantitative estimate of drug-likeness (QED) is 0.771. The number of anilines is 1. The molecule has 1 saturated heterocycles. The SMILES string of the molecule is CCOC(=O)N1CCN(c2nc3ccc(C)cc3cc2CN[C@@H](C)COC)CC1. The number of rotatable bonds is 7. The number of amides is 1. The van der Waals surface area contributed by atoms with E-state index in [1.54, 1.807) is 12.0 Å². The van der Waals surface area contributed by atoms with Crippen LogP contribution in [-0.4, -0.2) is 68.5 Å². The molecule has 0 spiro atoms. The van der Waals surface area contributed by atoms with Crippen molar-refractivity contribution < 1.29 is 14.3 Å². The summed E-state index contributed by atoms with van der Waals surface area (Å²) in [6.07, 6.45) is -0.232. The number of piperazine rings is 1. The van der Waals surface area contributed by atoms with E-state index in [0.29, 0.717) is 26.3 Å². The van der Waals surface area contributed by atoms with E-state index in [1.165, 1.54) is 5.56 Å². The fraction of sp³-hybridized carbons (Fsp3) is 0.545. The number of methoxy groups -OCH3 is 1. The molecule has 1 aliphatic rings. The molecular weight excluding hydrogens is 368 g/mol. The molecule has 1 amide bonds. The number of nitrogens with zero attached hydrogens (tertiary/aromatic N) is 3. The van der Waals surface area contributed by atoms with E-state index >= 15 is 0 Å². The summed E-state index contributed by atoms with van der Waals surface area (Å²) in [5.74, 6) is 0.988. The lowest BCUT2D eigenvalue weighted by atomic mass is 10.1. The van der Waals surface area contributed by atoms with Crippen LogP contribution in [0.15, 0.2) is 24.3 Å². The molecule has 1 atom stereocenters. The number of pyridine rings is 1. The van der Waals surface area contributed by atoms with Crippen molar-refractivity contribution in [2.75, 3.05) is 51.4 Å². The van der Waals surface area contributed by atoms with Crippen molar-refractivity contribution in [3.8, 4) is 0 Å². The maximum atomic E-state index is 12.0. The Morgan fingerprint density at radius 3 is 2.69 bits per heavy atom. The number of aryl methyl sites for hydroxylation is 1. The minimum Gasteiger partial charge on any atom is -0.450 e. The average molecular weight is 401 g/mol. The van der Waals surface area contributed by atoms with Crippen LogP contribution in [0.3, 0.4) is 0 Å². The van der Waals surface area contributed by atoms with Gasteiger partial charge in [-0.05, 0) is 39.0 Å². The lowest BCUT2D eigenvalue weighted by Crippen LogP contribution is -2.49. The van der Waals surface area contributed by atoms with E-state index < -0.39 is 0 Å². The second kappa shape index (κ2) is 9.89. The molecule has 2 heterocycles. The molecule has 158 valence electrons. The third-order valence-corrected chi connectivity index (χ3v) is 5.19. The monoisotopic (exact) mass is 400 g/mol. The van der Waals surface area contributed by atoms with E-state index in [9.17, 15) is 4.79 Å². The highest BCUT2D eigenvalue weighted by atomic mass is 16.6. The van der Waals surface area contributed by atoms with E-state index in [0.717, 1.165) is 41.9 Å². The minimum absolute atomic E-state index is 0.232. The molecule has 7 heteroatoms. The summed E-state index contributed by atoms with van der Waals surface area (Å²) in [5, 5.41) is 4.67. The van der Waals surface area contributed by atoms with Gasteiger partial charge in [0.05, 0.1) is 18.7 Å². The highest BCUT2D eigenvalue weighted by molar-refractivity contribution is 5.82. The number of ether oxygens (including phenoxy) is 2. The van der Waals surface area contributed by atoms with Gasteiger partial charge in [-0.1, -0.05) is 11.6 Å². The number of fused-ring (bicyclic) bond motifs is 1. The van der Waals surface area contributed by atoms with Gasteiger partial charge >= 0.3 is 6.09 Å². The molecular formula is C22H32N4O3. The first-order chi connectivity index (χ1) is 14.0. The van der Waals surface area contributed by atoms with Crippen LogP contribution in [0.5, 0.6) is 0 Å². The summed E-state index contributed by atoms with van der Waals surface area (Å²) < 4.78 is 10.4. The van der Waals surface area contributed by atoms with Crippen LogP contribution in [-0.2, 0) is 16.0 Å². The number of aromatic nitrogens is 1. The Morgan fingerprint density at radius 1 is 1.24 bits per heavy atom. The number of nitrogens with one attached hydrogen (secondary N) is 1. The molecule has 1 fully saturated rings. The molecule has 0 saturated carbocycles. The van der Waals surface area contributed by atoms with Crippen LogP contribution >= 0.6 is 0 Å². The van der Waals surface area contributed by atoms with Gasteiger partial charge in [-0.2, -0.15) is 0 Å². The molecule has 3 rings (SSSR count). The molecule has 7 nitrogen and oxygen atoms in total. The van der Waals surface area contributed by atoms with E-state index in [4.69, 9.17) is 14.5 Å². The highest BCUT2D eigenvalue weighted by Crippen LogP contribution is 2.26. The fourth-order valence-electron chi connectivity index (χ4n) is 3.64. The highest BCUT2D eigenvalue weighted by Gasteiger charge is 2.24. The topological polar surface area (TPSA) is 66.9 Å². The molecule has 0 aliphatic carbocycles. The van der Waals surface area contributed by atoms with Gasteiger partial charge in [-0.25, -0.2) is 9.78 Å². The minimum atomic E-state index is -0.232. The largest absolute Gasteiger partial charge is 0.450 e. The van der Waals surface area contributed by atoms with Gasteiger partial charge in [-0.3, -0.25) is 0 Å². The zero-order valence-electron chi connectivity index (χ0n) is 17.9. The van der Waals surface area contributed by atoms with E-state index in [-0.39, 0.29) is 12.1 Å². The van der Waals surface area contributed by atoms with E-state index in [2.05, 4.69) is 48.3 Å². The summed E-state index contributed by atoms with van der Waals surface area (Å²) in [4.78, 5) is 21.0. The Balaban J connectivity index is 1.82. The van der Waals surface area contributed by atoms with Crippen LogP contribution in [0.4, 0.5) is 10.6 Å². The maximum Gasteiger partial charge on any atom is 0.409 e. The third kappa shape index (κ3) is 5.36. The Hall–Kier alpha value is -2.38. The first-order valence-corrected chi connectivity index (χ1v) is 10.3. The summed E-state index contributed by atoms with van der Waals surface area (Å²) in [6.45, 7) is 10.6. The first kappa shape index (κ1) is 21.3. The van der Waals surface area contributed by atoms with Crippen LogP contribution in [0.25, 0.3) is 10.9 Å². The van der Waals surface area contributed by atoms with Gasteiger partial charge in [0, 0.05) is 56.8 Å². The summed E-state index contributed by atoms with van der Waals surface area (Å²) in [7, 11) is 1.72. The van der Waals surface area contributed by atoms with Crippen LogP contribution in [0.2, 0.25) is 0 Å². The van der Waals surface area contributed by atoms with E-state index in [1.807, 2.05) is 6.92 Å². The number of benzene rings is 1. The Labute approximate surface area is 173 Å². The maximum absolute atomic E-state index is 12.0. The van der Waals surface area contributed by atoms with Crippen molar-refractivity contribution in [3.05, 3.63) is 35.4 Å². The van der Waals surface area contributed by atoms with Gasteiger partial charge in [0.15, 0.2) is 0 Å². The Kier molecular flexibility index (Phi) is 7.28. The Bertz CT molecular complexity index is 834. The van der Waals surface area contributed by atoms with Crippen molar-refractivity contribution >= 4 is 22.8 Å². The Morgan fingerprint density at radius 2 is 2.00 bits per heavy atom. The molecule has 1 aromatic carbocycles. The van der Waals surface area contributed by atoms with Crippen molar-refractivity contribution in [1.29, 1.82) is 0 Å². The zero-order chi connectivity index (χ0) is 20.8. The van der Waals surface area contributed by atoms with Crippen molar-refractivity contribution in [3.63, 3.8) is 0 Å². The molecule has 1 aromatic heterocycles. The number of carbonyl (C=O) groups is 1. The lowest BCUT2D eigenvalue weighted by Gasteiger charge is -2.35. The molecule has 0 radical (unpaired) electrons. The molecule has 29 heavy (non-hydrogen) atoms. The number of hydrogen-bond acceptors (Lipinski definition) is 6. The van der Waals surface area contributed by atoms with Crippen LogP contribution < -0.4 is 10.2 Å². The van der Waals surface area contributed by atoms with Crippen molar-refractivity contribution in [2.45, 2.75) is 33.4 Å². The van der Waals surface area contributed by atoms with Crippen LogP contribution in [0, 0.1) is 6.92 Å². The molecule has 1 N–H and O–H groups in total. The lowest BCUT2D eigenvalue weighted by molar-refractivity contribution is 0.105. The molecule has 0 unspecified atom stereocenters. The van der Waals surface area contributed by atoms with Crippen LogP contribution in [0.1, 0.15) is 25.0 Å². The average Bonchev–Trinajstić information content (AvgIpc) is 2.72. The van der Waals surface area contributed by atoms with Crippen molar-refractivity contribution in [1.82, 2.24) is 15.2 Å². The summed E-state index contributed by atoms with van der Waals surface area (Å²) in [5.41, 5.74) is 3.38. The van der Waals surface area contributed by atoms with Crippen molar-refractivity contribution in [2.24, 2.45) is 0 Å². The van der Waals surface area contributed by atoms with Gasteiger partial charge in [0.2, 0.25) is 0 Å². The second-order valence-corrected chi connectivity index (χ2v) is 7.58. The molecule has 1 aliphatic heterocycles. The second-order valence-electron chi connectivity index (χ2n) is 7.58. The predicted octanol–water partition coefficient (Wildman–Crippen LogP) is 2.95. The predicted molar refractivity (Wildman–Crippen MR) is 115 cm³/mol. The zero-order valence-corrected chi connectivity index (χ0v) is 17.9. The fourth-order valence-corrected chi connectivity index (χ4v) is 3.64. The summed E-state index contributed by atoms with van der Waals surface area (Å²) >= 11 is 0. The number of carbonyl (C=O) groups excluding carboxylic acids is 1.